The molecule has 0 amide bonds. The van der Waals surface area contributed by atoms with Crippen molar-refractivity contribution in [2.45, 2.75) is 13.8 Å². The average molecular weight is 295 g/mol. The van der Waals surface area contributed by atoms with Crippen molar-refractivity contribution in [3.63, 3.8) is 0 Å². The van der Waals surface area contributed by atoms with Crippen LogP contribution in [-0.2, 0) is 4.79 Å². The second-order valence-corrected chi connectivity index (χ2v) is 4.84. The van der Waals surface area contributed by atoms with Gasteiger partial charge >= 0.3 is 0 Å². The van der Waals surface area contributed by atoms with E-state index in [9.17, 15) is 4.79 Å². The molecule has 0 bridgehead atoms. The first-order chi connectivity index (χ1) is 10.5. The highest BCUT2D eigenvalue weighted by Crippen LogP contribution is 2.23. The number of anilines is 1. The molecule has 22 heavy (non-hydrogen) atoms. The third-order valence-electron chi connectivity index (χ3n) is 3.05. The van der Waals surface area contributed by atoms with Crippen molar-refractivity contribution in [2.24, 2.45) is 0 Å². The number of rotatable bonds is 6. The van der Waals surface area contributed by atoms with Gasteiger partial charge in [0.1, 0.15) is 12.1 Å². The van der Waals surface area contributed by atoms with Gasteiger partial charge in [0.05, 0.1) is 29.8 Å². The monoisotopic (exact) mass is 295 g/mol. The summed E-state index contributed by atoms with van der Waals surface area (Å²) in [4.78, 5) is 23.2. The number of pyridine rings is 1. The molecule has 0 spiro atoms. The second-order valence-electron chi connectivity index (χ2n) is 4.84. The predicted molar refractivity (Wildman–Crippen MR) is 86.2 cm³/mol. The maximum Gasteiger partial charge on any atom is 0.139 e. The Labute approximate surface area is 128 Å². The number of aldehydes is 1. The van der Waals surface area contributed by atoms with Crippen LogP contribution in [0.2, 0.25) is 0 Å². The largest absolute Gasteiger partial charge is 0.376 e. The van der Waals surface area contributed by atoms with Crippen LogP contribution in [0.4, 0.5) is 5.69 Å². The van der Waals surface area contributed by atoms with E-state index in [-0.39, 0.29) is 6.54 Å². The molecule has 0 aromatic carbocycles. The molecule has 2 N–H and O–H groups in total. The Balaban J connectivity index is 2.48. The molecule has 6 nitrogen and oxygen atoms in total. The maximum atomic E-state index is 10.5. The topological polar surface area (TPSA) is 91.6 Å². The van der Waals surface area contributed by atoms with Crippen molar-refractivity contribution in [2.75, 3.05) is 11.9 Å². The fraction of sp³-hybridized carbons (Fsp3) is 0.188. The Kier molecular flexibility index (Phi) is 4.73. The lowest BCUT2D eigenvalue weighted by atomic mass is 10.0. The van der Waals surface area contributed by atoms with Crippen LogP contribution in [0.15, 0.2) is 36.8 Å². The van der Waals surface area contributed by atoms with Crippen molar-refractivity contribution >= 4 is 17.7 Å². The van der Waals surface area contributed by atoms with E-state index >= 15 is 0 Å². The number of carbonyl (C=O) groups excluding carboxylic acids is 1. The minimum absolute atomic E-state index is 0.158. The molecule has 0 aliphatic carbocycles. The number of allylic oxidation sites excluding steroid dienone is 1. The summed E-state index contributed by atoms with van der Waals surface area (Å²) in [5.74, 6) is 0.683. The standard InChI is InChI=1S/C16H17N5O/c1-10(2)16(17)13-6-14(12-7-19-11(3)20-8-12)21-9-15(13)18-4-5-22/h5-9,17-18H,1,4H2,2-3H3. The normalized spacial score (nSPS) is 10.1. The summed E-state index contributed by atoms with van der Waals surface area (Å²) in [5, 5.41) is 11.1. The zero-order valence-corrected chi connectivity index (χ0v) is 12.6. The molecular weight excluding hydrogens is 278 g/mol. The van der Waals surface area contributed by atoms with Gasteiger partial charge in [-0.25, -0.2) is 9.97 Å². The van der Waals surface area contributed by atoms with Gasteiger partial charge in [0.2, 0.25) is 0 Å². The minimum atomic E-state index is 0.158. The fourth-order valence-corrected chi connectivity index (χ4v) is 1.87. The van der Waals surface area contributed by atoms with Crippen LogP contribution in [0.1, 0.15) is 18.3 Å². The van der Waals surface area contributed by atoms with E-state index in [1.54, 1.807) is 31.6 Å². The third-order valence-corrected chi connectivity index (χ3v) is 3.05. The molecule has 2 aromatic rings. The number of nitrogens with zero attached hydrogens (tertiary/aromatic N) is 3. The van der Waals surface area contributed by atoms with Crippen molar-refractivity contribution in [1.82, 2.24) is 15.0 Å². The molecule has 2 aromatic heterocycles. The summed E-state index contributed by atoms with van der Waals surface area (Å²) >= 11 is 0. The number of carbonyl (C=O) groups is 1. The molecule has 2 rings (SSSR count). The summed E-state index contributed by atoms with van der Waals surface area (Å²) in [6.07, 6.45) is 5.75. The lowest BCUT2D eigenvalue weighted by Crippen LogP contribution is -2.10. The van der Waals surface area contributed by atoms with Crippen molar-refractivity contribution in [1.29, 1.82) is 5.41 Å². The molecule has 0 saturated carbocycles. The van der Waals surface area contributed by atoms with Gasteiger partial charge in [-0.05, 0) is 25.5 Å². The zero-order chi connectivity index (χ0) is 16.1. The number of aryl methyl sites for hydroxylation is 1. The summed E-state index contributed by atoms with van der Waals surface area (Å²) in [6.45, 7) is 7.53. The van der Waals surface area contributed by atoms with Crippen molar-refractivity contribution in [3.8, 4) is 11.3 Å². The van der Waals surface area contributed by atoms with Crippen molar-refractivity contribution < 1.29 is 4.79 Å². The predicted octanol–water partition coefficient (Wildman–Crippen LogP) is 2.40. The number of nitrogens with one attached hydrogen (secondary N) is 2. The first-order valence-electron chi connectivity index (χ1n) is 6.74. The SMILES string of the molecule is C=C(C)C(=N)c1cc(-c2cnc(C)nc2)ncc1NCC=O. The lowest BCUT2D eigenvalue weighted by Gasteiger charge is -2.13. The summed E-state index contributed by atoms with van der Waals surface area (Å²) in [7, 11) is 0. The van der Waals surface area contributed by atoms with E-state index < -0.39 is 0 Å². The Bertz CT molecular complexity index is 722. The van der Waals surface area contributed by atoms with Crippen LogP contribution >= 0.6 is 0 Å². The van der Waals surface area contributed by atoms with Crippen molar-refractivity contribution in [3.05, 3.63) is 48.2 Å². The van der Waals surface area contributed by atoms with Crippen LogP contribution < -0.4 is 5.32 Å². The van der Waals surface area contributed by atoms with E-state index in [0.717, 1.165) is 11.8 Å². The fourth-order valence-electron chi connectivity index (χ4n) is 1.87. The Morgan fingerprint density at radius 1 is 1.32 bits per heavy atom. The van der Waals surface area contributed by atoms with E-state index in [1.165, 1.54) is 0 Å². The van der Waals surface area contributed by atoms with E-state index in [0.29, 0.717) is 34.1 Å². The van der Waals surface area contributed by atoms with Gasteiger partial charge in [-0.15, -0.1) is 0 Å². The quantitative estimate of drug-likeness (QED) is 0.630. The van der Waals surface area contributed by atoms with Gasteiger partial charge in [-0.2, -0.15) is 0 Å². The minimum Gasteiger partial charge on any atom is -0.376 e. The van der Waals surface area contributed by atoms with Crippen LogP contribution in [0.25, 0.3) is 11.3 Å². The van der Waals surface area contributed by atoms with Crippen LogP contribution in [0.5, 0.6) is 0 Å². The van der Waals surface area contributed by atoms with Gasteiger partial charge in [0.15, 0.2) is 0 Å². The lowest BCUT2D eigenvalue weighted by molar-refractivity contribution is -0.106. The van der Waals surface area contributed by atoms with E-state index in [4.69, 9.17) is 5.41 Å². The zero-order valence-electron chi connectivity index (χ0n) is 12.6. The number of hydrogen-bond donors (Lipinski definition) is 2. The van der Waals surface area contributed by atoms with Gasteiger partial charge in [0.25, 0.3) is 0 Å². The molecule has 0 aliphatic heterocycles. The van der Waals surface area contributed by atoms with E-state index in [1.807, 2.05) is 6.92 Å². The molecule has 0 unspecified atom stereocenters. The smallest absolute Gasteiger partial charge is 0.139 e. The molecule has 0 radical (unpaired) electrons. The first kappa shape index (κ1) is 15.5. The van der Waals surface area contributed by atoms with Gasteiger partial charge in [-0.3, -0.25) is 10.4 Å². The maximum absolute atomic E-state index is 10.5. The average Bonchev–Trinajstić information content (AvgIpc) is 2.52. The highest BCUT2D eigenvalue weighted by molar-refractivity contribution is 6.13. The number of aromatic nitrogens is 3. The van der Waals surface area contributed by atoms with Gasteiger partial charge in [-0.1, -0.05) is 6.58 Å². The molecule has 112 valence electrons. The second kappa shape index (κ2) is 6.71. The highest BCUT2D eigenvalue weighted by atomic mass is 16.1. The molecule has 2 heterocycles. The molecule has 6 heteroatoms. The summed E-state index contributed by atoms with van der Waals surface area (Å²) < 4.78 is 0. The van der Waals surface area contributed by atoms with Gasteiger partial charge in [0, 0.05) is 23.5 Å². The molecular formula is C16H17N5O. The molecule has 0 saturated heterocycles. The van der Waals surface area contributed by atoms with E-state index in [2.05, 4.69) is 26.8 Å². The first-order valence-corrected chi connectivity index (χ1v) is 6.74. The number of hydrogen-bond acceptors (Lipinski definition) is 6. The van der Waals surface area contributed by atoms with Crippen LogP contribution in [0.3, 0.4) is 0 Å². The Morgan fingerprint density at radius 2 is 2.00 bits per heavy atom. The summed E-state index contributed by atoms with van der Waals surface area (Å²) in [6, 6.07) is 1.78. The van der Waals surface area contributed by atoms with Crippen LogP contribution in [-0.4, -0.2) is 33.5 Å². The highest BCUT2D eigenvalue weighted by Gasteiger charge is 2.12. The molecule has 0 atom stereocenters. The Hall–Kier alpha value is -2.89. The molecule has 0 aliphatic rings. The van der Waals surface area contributed by atoms with Crippen LogP contribution in [0, 0.1) is 12.3 Å². The third kappa shape index (κ3) is 3.41. The van der Waals surface area contributed by atoms with Gasteiger partial charge < -0.3 is 10.1 Å². The summed E-state index contributed by atoms with van der Waals surface area (Å²) in [5.41, 5.74) is 3.62. The molecule has 0 fully saturated rings. The Morgan fingerprint density at radius 3 is 2.59 bits per heavy atom.